The van der Waals surface area contributed by atoms with E-state index in [2.05, 4.69) is 74.0 Å². The van der Waals surface area contributed by atoms with Gasteiger partial charge in [-0.15, -0.1) is 0 Å². The lowest BCUT2D eigenvalue weighted by Gasteiger charge is -2.35. The minimum Gasteiger partial charge on any atom is -0.478 e. The van der Waals surface area contributed by atoms with Gasteiger partial charge in [0.25, 0.3) is 0 Å². The SMILES string of the molecule is CCCN(CCC)C1C=CC2=C(c3ccccc3C(=O)O)c3cc4c(cc3OC2=C1)OC1=CC(N(CCC)CCC)C=CC1=C4c1ccccc1C(=O)O. The smallest absolute Gasteiger partial charge is 0.336 e. The van der Waals surface area contributed by atoms with Crippen molar-refractivity contribution < 1.29 is 29.3 Å². The van der Waals surface area contributed by atoms with Crippen molar-refractivity contribution in [1.82, 2.24) is 9.80 Å². The number of hydrogen-bond acceptors (Lipinski definition) is 6. The molecule has 0 radical (unpaired) electrons. The summed E-state index contributed by atoms with van der Waals surface area (Å²) in [5.41, 5.74) is 5.98. The van der Waals surface area contributed by atoms with Crippen LogP contribution in [-0.2, 0) is 0 Å². The molecule has 7 rings (SSSR count). The van der Waals surface area contributed by atoms with Gasteiger partial charge in [0.15, 0.2) is 0 Å². The molecule has 2 heterocycles. The van der Waals surface area contributed by atoms with E-state index in [9.17, 15) is 19.8 Å². The fourth-order valence-corrected chi connectivity index (χ4v) is 8.17. The van der Waals surface area contributed by atoms with Crippen molar-refractivity contribution in [2.24, 2.45) is 0 Å². The van der Waals surface area contributed by atoms with Crippen molar-refractivity contribution in [3.8, 4) is 11.5 Å². The van der Waals surface area contributed by atoms with Crippen molar-refractivity contribution in [2.75, 3.05) is 26.2 Å². The highest BCUT2D eigenvalue weighted by Gasteiger charge is 2.36. The first kappa shape index (κ1) is 36.9. The molecule has 4 aliphatic rings. The van der Waals surface area contributed by atoms with Gasteiger partial charge in [0, 0.05) is 39.5 Å². The number of carbonyl (C=O) groups is 2. The summed E-state index contributed by atoms with van der Waals surface area (Å²) in [4.78, 5) is 30.3. The molecule has 0 amide bonds. The van der Waals surface area contributed by atoms with E-state index in [0.29, 0.717) is 45.3 Å². The Hall–Kier alpha value is -5.44. The largest absolute Gasteiger partial charge is 0.478 e. The molecule has 0 fully saturated rings. The second kappa shape index (κ2) is 15.9. The highest BCUT2D eigenvalue weighted by Crippen LogP contribution is 2.51. The number of aromatic carboxylic acids is 2. The maximum atomic E-state index is 12.7. The quantitative estimate of drug-likeness (QED) is 0.170. The minimum absolute atomic E-state index is 0.0185. The van der Waals surface area contributed by atoms with Crippen LogP contribution in [0.15, 0.2) is 120 Å². The van der Waals surface area contributed by atoms with Crippen LogP contribution in [0.4, 0.5) is 0 Å². The predicted octanol–water partition coefficient (Wildman–Crippen LogP) is 9.36. The molecule has 8 nitrogen and oxygen atoms in total. The van der Waals surface area contributed by atoms with Crippen LogP contribution < -0.4 is 9.47 Å². The van der Waals surface area contributed by atoms with E-state index in [0.717, 1.165) is 74.2 Å². The van der Waals surface area contributed by atoms with Gasteiger partial charge in [-0.3, -0.25) is 9.80 Å². The minimum atomic E-state index is -1.02. The van der Waals surface area contributed by atoms with Gasteiger partial charge >= 0.3 is 11.9 Å². The van der Waals surface area contributed by atoms with Gasteiger partial charge < -0.3 is 19.7 Å². The first-order chi connectivity index (χ1) is 26.3. The average molecular weight is 725 g/mol. The summed E-state index contributed by atoms with van der Waals surface area (Å²) in [6.07, 6.45) is 16.8. The standard InChI is InChI=1S/C46H48N2O6/c1-5-21-47(22-6-2)29-17-19-35-39(25-29)53-41-28-42-38(27-37(41)43(35)31-13-9-11-15-33(31)45(49)50)44(32-14-10-12-16-34(32)46(51)52)36-20-18-30(26-40(36)54-42)48(23-7-3)24-8-4/h9-20,25-30H,5-8,21-24H2,1-4H3,(H,49,50)(H,51,52). The van der Waals surface area contributed by atoms with Crippen LogP contribution in [-0.4, -0.2) is 70.2 Å². The van der Waals surface area contributed by atoms with Gasteiger partial charge in [-0.05, 0) is 93.3 Å². The monoisotopic (exact) mass is 724 g/mol. The second-order valence-electron chi connectivity index (χ2n) is 14.2. The number of allylic oxidation sites excluding steroid dienone is 2. The maximum Gasteiger partial charge on any atom is 0.336 e. The first-order valence-electron chi connectivity index (χ1n) is 19.2. The van der Waals surface area contributed by atoms with Crippen LogP contribution in [0.1, 0.15) is 96.3 Å². The van der Waals surface area contributed by atoms with E-state index in [1.165, 1.54) is 0 Å². The van der Waals surface area contributed by atoms with E-state index in [1.54, 1.807) is 24.3 Å². The summed E-state index contributed by atoms with van der Waals surface area (Å²) in [7, 11) is 0. The molecule has 2 N–H and O–H groups in total. The highest BCUT2D eigenvalue weighted by molar-refractivity contribution is 6.04. The van der Waals surface area contributed by atoms with Crippen molar-refractivity contribution in [3.63, 3.8) is 0 Å². The normalized spacial score (nSPS) is 18.3. The van der Waals surface area contributed by atoms with Gasteiger partial charge in [0.05, 0.1) is 23.2 Å². The zero-order chi connectivity index (χ0) is 37.9. The Bertz CT molecular complexity index is 2010. The Labute approximate surface area is 317 Å². The molecule has 278 valence electrons. The third-order valence-corrected chi connectivity index (χ3v) is 10.4. The number of hydrogen-bond donors (Lipinski definition) is 2. The molecule has 2 atom stereocenters. The Kier molecular flexibility index (Phi) is 10.9. The number of carboxylic acids is 2. The van der Waals surface area contributed by atoms with Gasteiger partial charge in [-0.2, -0.15) is 0 Å². The molecule has 0 saturated carbocycles. The molecule has 8 heteroatoms. The maximum absolute atomic E-state index is 12.7. The third-order valence-electron chi connectivity index (χ3n) is 10.4. The molecular formula is C46H48N2O6. The second-order valence-corrected chi connectivity index (χ2v) is 14.2. The fourth-order valence-electron chi connectivity index (χ4n) is 8.17. The van der Waals surface area contributed by atoms with Crippen molar-refractivity contribution in [1.29, 1.82) is 0 Å². The van der Waals surface area contributed by atoms with Gasteiger partial charge in [0.1, 0.15) is 23.0 Å². The molecule has 54 heavy (non-hydrogen) atoms. The number of benzene rings is 3. The van der Waals surface area contributed by atoms with Gasteiger partial charge in [-0.1, -0.05) is 88.4 Å². The first-order valence-corrected chi connectivity index (χ1v) is 19.2. The van der Waals surface area contributed by atoms with E-state index >= 15 is 0 Å². The lowest BCUT2D eigenvalue weighted by Crippen LogP contribution is -2.36. The average Bonchev–Trinajstić information content (AvgIpc) is 3.17. The molecule has 0 bridgehead atoms. The Morgan fingerprint density at radius 3 is 1.33 bits per heavy atom. The van der Waals surface area contributed by atoms with Crippen LogP contribution in [0.2, 0.25) is 0 Å². The molecule has 2 unspecified atom stereocenters. The lowest BCUT2D eigenvalue weighted by molar-refractivity contribution is 0.0685. The fraction of sp³-hybridized carbons (Fsp3) is 0.304. The van der Waals surface area contributed by atoms with E-state index in [1.807, 2.05) is 36.4 Å². The molecule has 0 saturated heterocycles. The number of nitrogens with zero attached hydrogens (tertiary/aromatic N) is 2. The van der Waals surface area contributed by atoms with Crippen molar-refractivity contribution in [3.05, 3.63) is 153 Å². The van der Waals surface area contributed by atoms with Gasteiger partial charge in [0.2, 0.25) is 0 Å². The van der Waals surface area contributed by atoms with Crippen molar-refractivity contribution >= 4 is 23.1 Å². The number of fused-ring (bicyclic) bond motifs is 4. The summed E-state index contributed by atoms with van der Waals surface area (Å²) in [5.74, 6) is 0.372. The number of carboxylic acid groups (broad SMARTS) is 2. The van der Waals surface area contributed by atoms with Gasteiger partial charge in [-0.25, -0.2) is 9.59 Å². The van der Waals surface area contributed by atoms with Crippen LogP contribution >= 0.6 is 0 Å². The lowest BCUT2D eigenvalue weighted by atomic mass is 9.81. The number of rotatable bonds is 14. The van der Waals surface area contributed by atoms with Crippen LogP contribution in [0.5, 0.6) is 11.5 Å². The van der Waals surface area contributed by atoms with E-state index in [-0.39, 0.29) is 23.2 Å². The summed E-state index contributed by atoms with van der Waals surface area (Å²) >= 11 is 0. The topological polar surface area (TPSA) is 99.5 Å². The Balaban J connectivity index is 1.47. The molecule has 3 aromatic rings. The molecule has 2 aliphatic carbocycles. The van der Waals surface area contributed by atoms with E-state index < -0.39 is 11.9 Å². The molecule has 0 spiro atoms. The van der Waals surface area contributed by atoms with E-state index in [4.69, 9.17) is 9.47 Å². The summed E-state index contributed by atoms with van der Waals surface area (Å²) in [6.45, 7) is 12.5. The number of ether oxygens (including phenoxy) is 2. The molecule has 0 aromatic heterocycles. The Morgan fingerprint density at radius 1 is 0.574 bits per heavy atom. The summed E-state index contributed by atoms with van der Waals surface area (Å²) < 4.78 is 13.6. The van der Waals surface area contributed by atoms with Crippen molar-refractivity contribution in [2.45, 2.75) is 65.5 Å². The molecule has 3 aromatic carbocycles. The van der Waals surface area contributed by atoms with Crippen LogP contribution in [0.25, 0.3) is 11.1 Å². The zero-order valence-electron chi connectivity index (χ0n) is 31.5. The summed E-state index contributed by atoms with van der Waals surface area (Å²) in [5, 5.41) is 20.8. The third kappa shape index (κ3) is 6.88. The predicted molar refractivity (Wildman–Crippen MR) is 213 cm³/mol. The summed E-state index contributed by atoms with van der Waals surface area (Å²) in [6, 6.07) is 18.0. The molecule has 2 aliphatic heterocycles. The Morgan fingerprint density at radius 2 is 0.963 bits per heavy atom. The van der Waals surface area contributed by atoms with Crippen LogP contribution in [0, 0.1) is 0 Å². The molecular weight excluding hydrogens is 677 g/mol. The van der Waals surface area contributed by atoms with Crippen LogP contribution in [0.3, 0.4) is 0 Å². The zero-order valence-corrected chi connectivity index (χ0v) is 31.5. The highest BCUT2D eigenvalue weighted by atomic mass is 16.5.